The van der Waals surface area contributed by atoms with Crippen molar-refractivity contribution in [2.24, 2.45) is 0 Å². The van der Waals surface area contributed by atoms with E-state index in [1.807, 2.05) is 12.1 Å². The molecule has 3 rings (SSSR count). The Balaban J connectivity index is 1.59. The third kappa shape index (κ3) is 5.01. The van der Waals surface area contributed by atoms with Crippen molar-refractivity contribution < 1.29 is 17.9 Å². The van der Waals surface area contributed by atoms with E-state index in [4.69, 9.17) is 4.74 Å². The SMILES string of the molecule is CCN(CC)S(=O)(=O)c1ccc(C(=O)N2CC[C@@H](OCc3cccnc3)C2)cc1. The number of amides is 1. The van der Waals surface area contributed by atoms with Crippen LogP contribution in [-0.4, -0.2) is 60.8 Å². The zero-order valence-electron chi connectivity index (χ0n) is 16.8. The van der Waals surface area contributed by atoms with Crippen molar-refractivity contribution in [2.45, 2.75) is 37.9 Å². The molecule has 0 saturated carbocycles. The van der Waals surface area contributed by atoms with E-state index in [1.54, 1.807) is 43.3 Å². The molecule has 8 heteroatoms. The molecule has 1 atom stereocenters. The standard InChI is InChI=1S/C21H27N3O4S/c1-3-24(4-2)29(26,27)20-9-7-18(8-10-20)21(25)23-13-11-19(15-23)28-16-17-6-5-12-22-14-17/h5-10,12,14,19H,3-4,11,13,15-16H2,1-2H3/t19-/m1/s1. The van der Waals surface area contributed by atoms with Crippen molar-refractivity contribution in [1.82, 2.24) is 14.2 Å². The fourth-order valence-electron chi connectivity index (χ4n) is 3.41. The van der Waals surface area contributed by atoms with Gasteiger partial charge in [-0.25, -0.2) is 8.42 Å². The number of aromatic nitrogens is 1. The number of nitrogens with zero attached hydrogens (tertiary/aromatic N) is 3. The van der Waals surface area contributed by atoms with E-state index in [-0.39, 0.29) is 16.9 Å². The molecule has 1 aliphatic heterocycles. The topological polar surface area (TPSA) is 79.8 Å². The fraction of sp³-hybridized carbons (Fsp3) is 0.429. The molecule has 0 aliphatic carbocycles. The number of carbonyl (C=O) groups excluding carboxylic acids is 1. The predicted molar refractivity (Wildman–Crippen MR) is 110 cm³/mol. The van der Waals surface area contributed by atoms with Crippen molar-refractivity contribution in [3.8, 4) is 0 Å². The van der Waals surface area contributed by atoms with Gasteiger partial charge >= 0.3 is 0 Å². The van der Waals surface area contributed by atoms with Gasteiger partial charge < -0.3 is 9.64 Å². The van der Waals surface area contributed by atoms with Crippen LogP contribution in [0.5, 0.6) is 0 Å². The van der Waals surface area contributed by atoms with E-state index in [1.165, 1.54) is 16.4 Å². The molecule has 7 nitrogen and oxygen atoms in total. The number of sulfonamides is 1. The second-order valence-electron chi connectivity index (χ2n) is 6.95. The zero-order chi connectivity index (χ0) is 20.9. The maximum Gasteiger partial charge on any atom is 0.253 e. The van der Waals surface area contributed by atoms with Crippen LogP contribution in [0.2, 0.25) is 0 Å². The minimum Gasteiger partial charge on any atom is -0.372 e. The Labute approximate surface area is 172 Å². The summed E-state index contributed by atoms with van der Waals surface area (Å²) in [5.41, 5.74) is 1.48. The molecule has 1 fully saturated rings. The number of hydrogen-bond donors (Lipinski definition) is 0. The molecule has 29 heavy (non-hydrogen) atoms. The largest absolute Gasteiger partial charge is 0.372 e. The summed E-state index contributed by atoms with van der Waals surface area (Å²) in [6.07, 6.45) is 4.26. The van der Waals surface area contributed by atoms with E-state index in [0.29, 0.717) is 38.3 Å². The molecule has 1 aromatic carbocycles. The van der Waals surface area contributed by atoms with Gasteiger partial charge in [-0.2, -0.15) is 4.31 Å². The Morgan fingerprint density at radius 3 is 2.55 bits per heavy atom. The lowest BCUT2D eigenvalue weighted by Gasteiger charge is -2.19. The lowest BCUT2D eigenvalue weighted by Crippen LogP contribution is -2.31. The van der Waals surface area contributed by atoms with Gasteiger partial charge in [0, 0.05) is 44.1 Å². The van der Waals surface area contributed by atoms with Crippen molar-refractivity contribution in [2.75, 3.05) is 26.2 Å². The van der Waals surface area contributed by atoms with Crippen molar-refractivity contribution in [3.63, 3.8) is 0 Å². The Hall–Kier alpha value is -2.29. The number of pyridine rings is 1. The Kier molecular flexibility index (Phi) is 7.00. The lowest BCUT2D eigenvalue weighted by molar-refractivity contribution is 0.0436. The second kappa shape index (κ2) is 9.47. The number of carbonyl (C=O) groups is 1. The van der Waals surface area contributed by atoms with Crippen LogP contribution < -0.4 is 0 Å². The van der Waals surface area contributed by atoms with Gasteiger partial charge in [0.15, 0.2) is 0 Å². The van der Waals surface area contributed by atoms with Gasteiger partial charge in [-0.05, 0) is 42.3 Å². The molecule has 1 aromatic heterocycles. The molecule has 1 aliphatic rings. The summed E-state index contributed by atoms with van der Waals surface area (Å²) in [5, 5.41) is 0. The van der Waals surface area contributed by atoms with Crippen LogP contribution in [-0.2, 0) is 21.4 Å². The molecule has 1 amide bonds. The molecule has 2 heterocycles. The quantitative estimate of drug-likeness (QED) is 0.659. The minimum absolute atomic E-state index is 0.0125. The monoisotopic (exact) mass is 417 g/mol. The molecule has 2 aromatic rings. The average molecular weight is 418 g/mol. The molecule has 0 unspecified atom stereocenters. The molecular formula is C21H27N3O4S. The first-order valence-corrected chi connectivity index (χ1v) is 11.3. The van der Waals surface area contributed by atoms with Crippen molar-refractivity contribution in [3.05, 3.63) is 59.9 Å². The predicted octanol–water partition coefficient (Wildman–Crippen LogP) is 2.54. The van der Waals surface area contributed by atoms with E-state index in [0.717, 1.165) is 12.0 Å². The van der Waals surface area contributed by atoms with Crippen LogP contribution >= 0.6 is 0 Å². The van der Waals surface area contributed by atoms with Gasteiger partial charge in [-0.3, -0.25) is 9.78 Å². The van der Waals surface area contributed by atoms with Crippen LogP contribution in [0.15, 0.2) is 53.7 Å². The number of ether oxygens (including phenoxy) is 1. The minimum atomic E-state index is -3.52. The molecule has 1 saturated heterocycles. The maximum atomic E-state index is 12.8. The lowest BCUT2D eigenvalue weighted by atomic mass is 10.2. The van der Waals surface area contributed by atoms with Crippen LogP contribution in [0.3, 0.4) is 0 Å². The van der Waals surface area contributed by atoms with Gasteiger partial charge in [0.25, 0.3) is 5.91 Å². The number of hydrogen-bond acceptors (Lipinski definition) is 5. The maximum absolute atomic E-state index is 12.8. The first-order valence-electron chi connectivity index (χ1n) is 9.85. The van der Waals surface area contributed by atoms with Crippen molar-refractivity contribution in [1.29, 1.82) is 0 Å². The molecule has 0 radical (unpaired) electrons. The Bertz CT molecular complexity index is 913. The van der Waals surface area contributed by atoms with Crippen LogP contribution in [0.4, 0.5) is 0 Å². The zero-order valence-corrected chi connectivity index (χ0v) is 17.6. The molecule has 0 bridgehead atoms. The van der Waals surface area contributed by atoms with Crippen LogP contribution in [0, 0.1) is 0 Å². The fourth-order valence-corrected chi connectivity index (χ4v) is 4.87. The highest BCUT2D eigenvalue weighted by Gasteiger charge is 2.28. The van der Waals surface area contributed by atoms with Gasteiger partial charge in [0.05, 0.1) is 17.6 Å². The van der Waals surface area contributed by atoms with E-state index < -0.39 is 10.0 Å². The summed E-state index contributed by atoms with van der Waals surface area (Å²) in [7, 11) is -3.52. The molecule has 0 spiro atoms. The first-order chi connectivity index (χ1) is 14.0. The summed E-state index contributed by atoms with van der Waals surface area (Å²) in [6, 6.07) is 10.0. The smallest absolute Gasteiger partial charge is 0.253 e. The van der Waals surface area contributed by atoms with E-state index in [2.05, 4.69) is 4.98 Å². The van der Waals surface area contributed by atoms with Gasteiger partial charge in [0.2, 0.25) is 10.0 Å². The van der Waals surface area contributed by atoms with Crippen LogP contribution in [0.1, 0.15) is 36.2 Å². The third-order valence-electron chi connectivity index (χ3n) is 5.09. The summed E-state index contributed by atoms with van der Waals surface area (Å²) in [6.45, 7) is 6.05. The molecule has 156 valence electrons. The summed E-state index contributed by atoms with van der Waals surface area (Å²) in [5.74, 6) is -0.107. The highest BCUT2D eigenvalue weighted by atomic mass is 32.2. The third-order valence-corrected chi connectivity index (χ3v) is 7.15. The highest BCUT2D eigenvalue weighted by Crippen LogP contribution is 2.20. The Morgan fingerprint density at radius 1 is 1.21 bits per heavy atom. The number of benzene rings is 1. The number of likely N-dealkylation sites (tertiary alicyclic amines) is 1. The van der Waals surface area contributed by atoms with E-state index >= 15 is 0 Å². The molecule has 0 N–H and O–H groups in total. The molecular weight excluding hydrogens is 390 g/mol. The first kappa shape index (κ1) is 21.4. The van der Waals surface area contributed by atoms with Gasteiger partial charge in [0.1, 0.15) is 0 Å². The highest BCUT2D eigenvalue weighted by molar-refractivity contribution is 7.89. The van der Waals surface area contributed by atoms with Gasteiger partial charge in [-0.15, -0.1) is 0 Å². The summed E-state index contributed by atoms with van der Waals surface area (Å²) >= 11 is 0. The Morgan fingerprint density at radius 2 is 1.93 bits per heavy atom. The normalized spacial score (nSPS) is 17.1. The van der Waals surface area contributed by atoms with E-state index in [9.17, 15) is 13.2 Å². The van der Waals surface area contributed by atoms with Crippen LogP contribution in [0.25, 0.3) is 0 Å². The second-order valence-corrected chi connectivity index (χ2v) is 8.89. The summed E-state index contributed by atoms with van der Waals surface area (Å²) < 4.78 is 32.4. The van der Waals surface area contributed by atoms with Crippen molar-refractivity contribution >= 4 is 15.9 Å². The average Bonchev–Trinajstić information content (AvgIpc) is 3.22. The number of rotatable bonds is 8. The summed E-state index contributed by atoms with van der Waals surface area (Å²) in [4.78, 5) is 18.8. The van der Waals surface area contributed by atoms with Gasteiger partial charge in [-0.1, -0.05) is 19.9 Å².